The van der Waals surface area contributed by atoms with E-state index in [9.17, 15) is 4.79 Å². The van der Waals surface area contributed by atoms with Gasteiger partial charge in [-0.05, 0) is 23.5 Å². The van der Waals surface area contributed by atoms with E-state index in [0.717, 1.165) is 26.6 Å². The molecule has 0 aliphatic carbocycles. The first-order valence-electron chi connectivity index (χ1n) is 8.57. The Morgan fingerprint density at radius 3 is 2.54 bits per heavy atom. The number of benzene rings is 1. The molecule has 0 atom stereocenters. The predicted octanol–water partition coefficient (Wildman–Crippen LogP) is 5.00. The molecular weight excluding hydrogens is 364 g/mol. The lowest BCUT2D eigenvalue weighted by Crippen LogP contribution is -2.11. The minimum absolute atomic E-state index is 0.0748. The summed E-state index contributed by atoms with van der Waals surface area (Å²) in [5.74, 6) is 0.760. The molecule has 1 N–H and O–H groups in total. The fourth-order valence-electron chi connectivity index (χ4n) is 2.87. The van der Waals surface area contributed by atoms with Gasteiger partial charge in [-0.15, -0.1) is 11.3 Å². The van der Waals surface area contributed by atoms with E-state index in [1.807, 2.05) is 0 Å². The van der Waals surface area contributed by atoms with Crippen LogP contribution in [0.5, 0.6) is 0 Å². The zero-order chi connectivity index (χ0) is 18.9. The normalized spacial score (nSPS) is 12.0. The van der Waals surface area contributed by atoms with Crippen LogP contribution in [0.15, 0.2) is 34.2 Å². The standard InChI is InChI=1S/C20H24N2O2S2/c1-12-15(13-6-8-14(9-7-13)20(2,3)4)16-17(23)21-19(22-18(16)26-12)25-11-10-24-5/h6-9H,10-11H2,1-5H3,(H,21,22,23). The molecule has 6 heteroatoms. The third kappa shape index (κ3) is 3.87. The summed E-state index contributed by atoms with van der Waals surface area (Å²) in [6.45, 7) is 9.28. The molecule has 0 radical (unpaired) electrons. The lowest BCUT2D eigenvalue weighted by molar-refractivity contribution is 0.218. The fraction of sp³-hybridized carbons (Fsp3) is 0.400. The van der Waals surface area contributed by atoms with Crippen LogP contribution in [0.2, 0.25) is 0 Å². The van der Waals surface area contributed by atoms with Crippen LogP contribution in [0, 0.1) is 6.92 Å². The van der Waals surface area contributed by atoms with Crippen molar-refractivity contribution in [3.63, 3.8) is 0 Å². The van der Waals surface area contributed by atoms with Gasteiger partial charge in [0.15, 0.2) is 5.16 Å². The molecule has 0 spiro atoms. The number of ether oxygens (including phenoxy) is 1. The van der Waals surface area contributed by atoms with Gasteiger partial charge in [0.25, 0.3) is 5.56 Å². The lowest BCUT2D eigenvalue weighted by Gasteiger charge is -2.19. The molecule has 138 valence electrons. The second-order valence-electron chi connectivity index (χ2n) is 7.25. The summed E-state index contributed by atoms with van der Waals surface area (Å²) in [7, 11) is 1.67. The van der Waals surface area contributed by atoms with Crippen molar-refractivity contribution in [3.8, 4) is 11.1 Å². The van der Waals surface area contributed by atoms with Gasteiger partial charge in [-0.2, -0.15) is 0 Å². The minimum Gasteiger partial charge on any atom is -0.384 e. The van der Waals surface area contributed by atoms with E-state index in [1.165, 1.54) is 17.3 Å². The summed E-state index contributed by atoms with van der Waals surface area (Å²) in [6, 6.07) is 8.51. The highest BCUT2D eigenvalue weighted by Crippen LogP contribution is 2.36. The van der Waals surface area contributed by atoms with E-state index in [1.54, 1.807) is 18.4 Å². The van der Waals surface area contributed by atoms with Crippen molar-refractivity contribution in [1.29, 1.82) is 0 Å². The van der Waals surface area contributed by atoms with E-state index < -0.39 is 0 Å². The molecule has 2 heterocycles. The van der Waals surface area contributed by atoms with Crippen LogP contribution in [0.4, 0.5) is 0 Å². The molecule has 1 aromatic carbocycles. The van der Waals surface area contributed by atoms with Gasteiger partial charge < -0.3 is 9.72 Å². The van der Waals surface area contributed by atoms with Gasteiger partial charge in [0.1, 0.15) is 4.83 Å². The van der Waals surface area contributed by atoms with E-state index in [4.69, 9.17) is 4.74 Å². The number of hydrogen-bond donors (Lipinski definition) is 1. The maximum absolute atomic E-state index is 12.7. The van der Waals surface area contributed by atoms with Crippen LogP contribution >= 0.6 is 23.1 Å². The number of nitrogens with one attached hydrogen (secondary N) is 1. The molecule has 0 saturated carbocycles. The zero-order valence-electron chi connectivity index (χ0n) is 15.8. The zero-order valence-corrected chi connectivity index (χ0v) is 17.4. The fourth-order valence-corrected chi connectivity index (χ4v) is 4.74. The number of fused-ring (bicyclic) bond motifs is 1. The van der Waals surface area contributed by atoms with Gasteiger partial charge in [0, 0.05) is 23.3 Å². The van der Waals surface area contributed by atoms with Crippen molar-refractivity contribution >= 4 is 33.3 Å². The lowest BCUT2D eigenvalue weighted by atomic mass is 9.86. The van der Waals surface area contributed by atoms with Crippen LogP contribution in [-0.4, -0.2) is 29.4 Å². The Bertz CT molecular complexity index is 966. The highest BCUT2D eigenvalue weighted by molar-refractivity contribution is 7.99. The molecule has 0 fully saturated rings. The number of rotatable bonds is 5. The number of aromatic amines is 1. The SMILES string of the molecule is COCCSc1nc2sc(C)c(-c3ccc(C(C)(C)C)cc3)c2c(=O)[nH]1. The predicted molar refractivity (Wildman–Crippen MR) is 112 cm³/mol. The van der Waals surface area contributed by atoms with Gasteiger partial charge in [0.05, 0.1) is 12.0 Å². The Morgan fingerprint density at radius 1 is 1.23 bits per heavy atom. The highest BCUT2D eigenvalue weighted by Gasteiger charge is 2.18. The molecule has 0 aliphatic rings. The minimum atomic E-state index is -0.0748. The number of nitrogens with zero attached hydrogens (tertiary/aromatic N) is 1. The molecule has 3 aromatic rings. The molecule has 0 bridgehead atoms. The molecule has 26 heavy (non-hydrogen) atoms. The van der Waals surface area contributed by atoms with Crippen LogP contribution in [-0.2, 0) is 10.2 Å². The van der Waals surface area contributed by atoms with Crippen molar-refractivity contribution in [1.82, 2.24) is 9.97 Å². The first-order valence-corrected chi connectivity index (χ1v) is 10.4. The number of hydrogen-bond acceptors (Lipinski definition) is 5. The van der Waals surface area contributed by atoms with Crippen LogP contribution in [0.3, 0.4) is 0 Å². The second kappa shape index (κ2) is 7.55. The summed E-state index contributed by atoms with van der Waals surface area (Å²) < 4.78 is 5.06. The van der Waals surface area contributed by atoms with E-state index >= 15 is 0 Å². The van der Waals surface area contributed by atoms with Crippen molar-refractivity contribution in [2.75, 3.05) is 19.5 Å². The van der Waals surface area contributed by atoms with Gasteiger partial charge >= 0.3 is 0 Å². The highest BCUT2D eigenvalue weighted by atomic mass is 32.2. The summed E-state index contributed by atoms with van der Waals surface area (Å²) in [4.78, 5) is 22.2. The van der Waals surface area contributed by atoms with Crippen molar-refractivity contribution < 1.29 is 4.74 Å². The second-order valence-corrected chi connectivity index (χ2v) is 9.54. The number of aromatic nitrogens is 2. The Morgan fingerprint density at radius 2 is 1.92 bits per heavy atom. The van der Waals surface area contributed by atoms with Crippen molar-refractivity contribution in [3.05, 3.63) is 45.1 Å². The first kappa shape index (κ1) is 19.1. The molecule has 2 aromatic heterocycles. The van der Waals surface area contributed by atoms with E-state index in [2.05, 4.69) is 61.9 Å². The van der Waals surface area contributed by atoms with Gasteiger partial charge in [-0.25, -0.2) is 4.98 Å². The number of H-pyrrole nitrogens is 1. The maximum atomic E-state index is 12.7. The van der Waals surface area contributed by atoms with Gasteiger partial charge in [0.2, 0.25) is 0 Å². The number of thioether (sulfide) groups is 1. The van der Waals surface area contributed by atoms with E-state index in [-0.39, 0.29) is 11.0 Å². The number of methoxy groups -OCH3 is 1. The number of aryl methyl sites for hydroxylation is 1. The van der Waals surface area contributed by atoms with Crippen molar-refractivity contribution in [2.24, 2.45) is 0 Å². The third-order valence-corrected chi connectivity index (χ3v) is 6.12. The largest absolute Gasteiger partial charge is 0.384 e. The quantitative estimate of drug-likeness (QED) is 0.380. The first-order chi connectivity index (χ1) is 12.3. The molecule has 0 aliphatic heterocycles. The molecule has 0 saturated heterocycles. The maximum Gasteiger partial charge on any atom is 0.260 e. The average molecular weight is 389 g/mol. The summed E-state index contributed by atoms with van der Waals surface area (Å²) in [5, 5.41) is 1.34. The third-order valence-electron chi connectivity index (χ3n) is 4.28. The van der Waals surface area contributed by atoms with Gasteiger partial charge in [-0.3, -0.25) is 4.79 Å². The molecule has 4 nitrogen and oxygen atoms in total. The summed E-state index contributed by atoms with van der Waals surface area (Å²) >= 11 is 3.08. The van der Waals surface area contributed by atoms with Crippen LogP contribution in [0.1, 0.15) is 31.2 Å². The number of thiophene rings is 1. The van der Waals surface area contributed by atoms with E-state index in [0.29, 0.717) is 17.1 Å². The Hall–Kier alpha value is -1.63. The topological polar surface area (TPSA) is 55.0 Å². The van der Waals surface area contributed by atoms with Gasteiger partial charge in [-0.1, -0.05) is 56.8 Å². The Kier molecular flexibility index (Phi) is 5.55. The monoisotopic (exact) mass is 388 g/mol. The Balaban J connectivity index is 2.04. The Labute approximate surface area is 162 Å². The molecule has 3 rings (SSSR count). The van der Waals surface area contributed by atoms with Crippen LogP contribution in [0.25, 0.3) is 21.3 Å². The van der Waals surface area contributed by atoms with Crippen LogP contribution < -0.4 is 5.56 Å². The molecular formula is C20H24N2O2S2. The smallest absolute Gasteiger partial charge is 0.260 e. The molecule has 0 unspecified atom stereocenters. The van der Waals surface area contributed by atoms with Crippen molar-refractivity contribution in [2.45, 2.75) is 38.3 Å². The molecule has 0 amide bonds. The summed E-state index contributed by atoms with van der Waals surface area (Å²) in [5.41, 5.74) is 3.37. The average Bonchev–Trinajstić information content (AvgIpc) is 2.91. The summed E-state index contributed by atoms with van der Waals surface area (Å²) in [6.07, 6.45) is 0.